The van der Waals surface area contributed by atoms with E-state index in [-0.39, 0.29) is 10.2 Å². The lowest BCUT2D eigenvalue weighted by atomic mass is 10.3. The Morgan fingerprint density at radius 2 is 2.24 bits per heavy atom. The predicted molar refractivity (Wildman–Crippen MR) is 59.1 cm³/mol. The molecule has 0 saturated heterocycles. The second kappa shape index (κ2) is 5.32. The Labute approximate surface area is 103 Å². The van der Waals surface area contributed by atoms with Gasteiger partial charge in [-0.2, -0.15) is 0 Å². The van der Waals surface area contributed by atoms with Gasteiger partial charge in [-0.3, -0.25) is 15.1 Å². The maximum atomic E-state index is 12.8. The molecule has 0 fully saturated rings. The van der Waals surface area contributed by atoms with E-state index in [1.165, 1.54) is 6.20 Å². The quantitative estimate of drug-likeness (QED) is 0.639. The first-order valence-corrected chi connectivity index (χ1v) is 5.17. The number of aromatic nitrogens is 1. The summed E-state index contributed by atoms with van der Waals surface area (Å²) in [4.78, 5) is 13.5. The number of hydrogen-bond acceptors (Lipinski definition) is 5. The molecule has 94 valence electrons. The lowest BCUT2D eigenvalue weighted by Gasteiger charge is -2.15. The number of rotatable bonds is 5. The predicted octanol–water partition coefficient (Wildman–Crippen LogP) is 1.79. The largest absolute Gasteiger partial charge is 0.390 e. The smallest absolute Gasteiger partial charge is 0.311 e. The number of alkyl halides is 2. The fourth-order valence-corrected chi connectivity index (χ4v) is 1.47. The molecule has 1 heterocycles. The summed E-state index contributed by atoms with van der Waals surface area (Å²) in [5.41, 5.74) is -0.522. The van der Waals surface area contributed by atoms with Gasteiger partial charge in [0.25, 0.3) is 5.92 Å². The zero-order valence-corrected chi connectivity index (χ0v) is 9.95. The minimum absolute atomic E-state index is 0.0990. The number of nitrogens with one attached hydrogen (secondary N) is 1. The summed E-state index contributed by atoms with van der Waals surface area (Å²) in [6.07, 6.45) is 2.19. The highest BCUT2D eigenvalue weighted by atomic mass is 79.9. The van der Waals surface area contributed by atoms with Crippen LogP contribution in [0, 0.1) is 10.1 Å². The van der Waals surface area contributed by atoms with Crippen LogP contribution in [-0.2, 0) is 0 Å². The number of aliphatic hydroxyl groups excluding tert-OH is 1. The summed E-state index contributed by atoms with van der Waals surface area (Å²) in [5, 5.41) is 21.2. The molecule has 0 saturated carbocycles. The van der Waals surface area contributed by atoms with Crippen LogP contribution in [0.4, 0.5) is 20.2 Å². The molecule has 0 amide bonds. The highest BCUT2D eigenvalue weighted by Gasteiger charge is 2.29. The van der Waals surface area contributed by atoms with Crippen LogP contribution in [0.5, 0.6) is 0 Å². The minimum atomic E-state index is -3.35. The van der Waals surface area contributed by atoms with Crippen LogP contribution in [0.15, 0.2) is 16.9 Å². The molecule has 0 aliphatic heterocycles. The van der Waals surface area contributed by atoms with Gasteiger partial charge >= 0.3 is 5.69 Å². The molecule has 0 aliphatic rings. The van der Waals surface area contributed by atoms with E-state index >= 15 is 0 Å². The van der Waals surface area contributed by atoms with Crippen molar-refractivity contribution in [1.29, 1.82) is 0 Å². The Kier molecular flexibility index (Phi) is 4.29. The number of nitrogens with zero attached hydrogens (tertiary/aromatic N) is 2. The van der Waals surface area contributed by atoms with E-state index in [0.717, 1.165) is 6.20 Å². The average Bonchev–Trinajstić information content (AvgIpc) is 2.27. The molecular weight excluding hydrogens is 304 g/mol. The van der Waals surface area contributed by atoms with E-state index in [0.29, 0.717) is 0 Å². The number of nitro groups is 1. The fourth-order valence-electron chi connectivity index (χ4n) is 1.01. The highest BCUT2D eigenvalue weighted by Crippen LogP contribution is 2.31. The van der Waals surface area contributed by atoms with Gasteiger partial charge in [-0.05, 0) is 15.9 Å². The molecule has 9 heteroatoms. The minimum Gasteiger partial charge on any atom is -0.390 e. The van der Waals surface area contributed by atoms with Crippen molar-refractivity contribution < 1.29 is 18.8 Å². The van der Waals surface area contributed by atoms with Crippen LogP contribution in [-0.4, -0.2) is 34.1 Å². The SMILES string of the molecule is O=[N+]([O-])c1cncc(Br)c1NCC(F)(F)CO. The second-order valence-electron chi connectivity index (χ2n) is 3.14. The topological polar surface area (TPSA) is 88.3 Å². The molecule has 17 heavy (non-hydrogen) atoms. The maximum absolute atomic E-state index is 12.8. The van der Waals surface area contributed by atoms with Crippen LogP contribution in [0.1, 0.15) is 0 Å². The first-order valence-electron chi connectivity index (χ1n) is 4.38. The maximum Gasteiger partial charge on any atom is 0.311 e. The first kappa shape index (κ1) is 13.7. The monoisotopic (exact) mass is 311 g/mol. The molecule has 1 rings (SSSR count). The van der Waals surface area contributed by atoms with E-state index in [9.17, 15) is 18.9 Å². The van der Waals surface area contributed by atoms with Crippen LogP contribution in [0.25, 0.3) is 0 Å². The zero-order valence-electron chi connectivity index (χ0n) is 8.36. The zero-order chi connectivity index (χ0) is 13.1. The number of hydrogen-bond donors (Lipinski definition) is 2. The van der Waals surface area contributed by atoms with Crippen molar-refractivity contribution in [3.63, 3.8) is 0 Å². The lowest BCUT2D eigenvalue weighted by Crippen LogP contribution is -2.31. The molecule has 0 aliphatic carbocycles. The molecule has 0 spiro atoms. The average molecular weight is 312 g/mol. The van der Waals surface area contributed by atoms with Gasteiger partial charge in [-0.15, -0.1) is 0 Å². The summed E-state index contributed by atoms with van der Waals surface area (Å²) >= 11 is 2.97. The van der Waals surface area contributed by atoms with E-state index in [4.69, 9.17) is 5.11 Å². The van der Waals surface area contributed by atoms with Crippen molar-refractivity contribution in [2.75, 3.05) is 18.5 Å². The summed E-state index contributed by atoms with van der Waals surface area (Å²) in [7, 11) is 0. The Morgan fingerprint density at radius 3 is 2.76 bits per heavy atom. The summed E-state index contributed by atoms with van der Waals surface area (Å²) in [6.45, 7) is -2.25. The molecule has 0 bridgehead atoms. The lowest BCUT2D eigenvalue weighted by molar-refractivity contribution is -0.384. The molecule has 6 nitrogen and oxygen atoms in total. The highest BCUT2D eigenvalue weighted by molar-refractivity contribution is 9.10. The molecule has 0 unspecified atom stereocenters. The molecule has 0 aromatic carbocycles. The number of pyridine rings is 1. The van der Waals surface area contributed by atoms with Crippen LogP contribution in [0.3, 0.4) is 0 Å². The summed E-state index contributed by atoms with van der Waals surface area (Å²) in [6, 6.07) is 0. The van der Waals surface area contributed by atoms with Gasteiger partial charge in [0.15, 0.2) is 0 Å². The van der Waals surface area contributed by atoms with Crippen LogP contribution >= 0.6 is 15.9 Å². The van der Waals surface area contributed by atoms with Crippen molar-refractivity contribution in [1.82, 2.24) is 4.98 Å². The van der Waals surface area contributed by atoms with Crippen molar-refractivity contribution in [3.05, 3.63) is 27.0 Å². The van der Waals surface area contributed by atoms with Gasteiger partial charge in [-0.25, -0.2) is 8.78 Å². The van der Waals surface area contributed by atoms with E-state index in [1.807, 2.05) is 0 Å². The van der Waals surface area contributed by atoms with Gasteiger partial charge in [0.1, 0.15) is 18.5 Å². The van der Waals surface area contributed by atoms with Crippen molar-refractivity contribution in [2.24, 2.45) is 0 Å². The third-order valence-electron chi connectivity index (χ3n) is 1.83. The van der Waals surface area contributed by atoms with Crippen molar-refractivity contribution in [3.8, 4) is 0 Å². The van der Waals surface area contributed by atoms with Gasteiger partial charge < -0.3 is 10.4 Å². The second-order valence-corrected chi connectivity index (χ2v) is 3.99. The molecule has 1 aromatic rings. The Morgan fingerprint density at radius 1 is 1.59 bits per heavy atom. The van der Waals surface area contributed by atoms with Crippen molar-refractivity contribution >= 4 is 27.3 Å². The van der Waals surface area contributed by atoms with Gasteiger partial charge in [0.05, 0.1) is 15.9 Å². The number of anilines is 1. The molecule has 0 radical (unpaired) electrons. The van der Waals surface area contributed by atoms with Crippen molar-refractivity contribution in [2.45, 2.75) is 5.92 Å². The Bertz CT molecular complexity index is 430. The molecular formula is C8H8BrF2N3O3. The third-order valence-corrected chi connectivity index (χ3v) is 2.43. The van der Waals surface area contributed by atoms with E-state index in [1.54, 1.807) is 0 Å². The number of halogens is 3. The fraction of sp³-hybridized carbons (Fsp3) is 0.375. The van der Waals surface area contributed by atoms with E-state index in [2.05, 4.69) is 26.2 Å². The third kappa shape index (κ3) is 3.56. The standard InChI is InChI=1S/C8H8BrF2N3O3/c9-5-1-12-2-6(14(16)17)7(5)13-3-8(10,11)4-15/h1-2,15H,3-4H2,(H,12,13). The Hall–Kier alpha value is -1.35. The van der Waals surface area contributed by atoms with Gasteiger partial charge in [0.2, 0.25) is 0 Å². The molecule has 0 atom stereocenters. The van der Waals surface area contributed by atoms with Crippen LogP contribution in [0.2, 0.25) is 0 Å². The molecule has 2 N–H and O–H groups in total. The normalized spacial score (nSPS) is 11.3. The van der Waals surface area contributed by atoms with Gasteiger partial charge in [0, 0.05) is 6.20 Å². The summed E-state index contributed by atoms with van der Waals surface area (Å²) in [5.74, 6) is -3.35. The summed E-state index contributed by atoms with van der Waals surface area (Å²) < 4.78 is 25.8. The Balaban J connectivity index is 2.94. The van der Waals surface area contributed by atoms with E-state index < -0.39 is 29.7 Å². The molecule has 1 aromatic heterocycles. The van der Waals surface area contributed by atoms with Gasteiger partial charge in [-0.1, -0.05) is 0 Å². The first-order chi connectivity index (χ1) is 7.87. The van der Waals surface area contributed by atoms with Crippen LogP contribution < -0.4 is 5.32 Å². The number of aliphatic hydroxyl groups is 1.